The molecular formula is C24H17F4N5O3S. The summed E-state index contributed by atoms with van der Waals surface area (Å²) in [5.74, 6) is -6.35. The van der Waals surface area contributed by atoms with E-state index in [9.17, 15) is 26.4 Å². The predicted octanol–water partition coefficient (Wildman–Crippen LogP) is 4.25. The normalized spacial score (nSPS) is 11.7. The summed E-state index contributed by atoms with van der Waals surface area (Å²) in [5, 5.41) is 11.0. The number of aromatic nitrogens is 2. The first-order valence-electron chi connectivity index (χ1n) is 10.4. The number of hydrogen-bond acceptors (Lipinski definition) is 6. The lowest BCUT2D eigenvalue weighted by molar-refractivity contribution is 0.103. The minimum absolute atomic E-state index is 0.0432. The Morgan fingerprint density at radius 2 is 1.81 bits per heavy atom. The molecule has 0 saturated heterocycles. The fourth-order valence-electron chi connectivity index (χ4n) is 3.46. The summed E-state index contributed by atoms with van der Waals surface area (Å²) in [7, 11) is -3.21. The van der Waals surface area contributed by atoms with Crippen LogP contribution in [0.2, 0.25) is 0 Å². The highest BCUT2D eigenvalue weighted by atomic mass is 32.2. The molecule has 0 unspecified atom stereocenters. The molecule has 2 aromatic carbocycles. The van der Waals surface area contributed by atoms with Gasteiger partial charge in [0.05, 0.1) is 17.0 Å². The predicted molar refractivity (Wildman–Crippen MR) is 128 cm³/mol. The highest BCUT2D eigenvalue weighted by molar-refractivity contribution is 7.92. The number of ketones is 1. The molecule has 2 aromatic heterocycles. The maximum absolute atomic E-state index is 15.3. The second kappa shape index (κ2) is 9.85. The molecule has 0 amide bonds. The third-order valence-electron chi connectivity index (χ3n) is 5.25. The Labute approximate surface area is 207 Å². The molecule has 4 rings (SSSR count). The molecule has 0 atom stereocenters. The van der Waals surface area contributed by atoms with Gasteiger partial charge in [0, 0.05) is 36.0 Å². The summed E-state index contributed by atoms with van der Waals surface area (Å²) in [5.41, 5.74) is -1.57. The molecule has 2 heterocycles. The third kappa shape index (κ3) is 4.93. The largest absolute Gasteiger partial charge is 0.394 e. The van der Waals surface area contributed by atoms with Crippen molar-refractivity contribution in [2.24, 2.45) is 0 Å². The minimum atomic E-state index is -4.85. The van der Waals surface area contributed by atoms with E-state index in [2.05, 4.69) is 15.3 Å². The van der Waals surface area contributed by atoms with Crippen LogP contribution in [-0.4, -0.2) is 36.9 Å². The Hall–Kier alpha value is -4.52. The summed E-state index contributed by atoms with van der Waals surface area (Å²) < 4.78 is 84.3. The van der Waals surface area contributed by atoms with Gasteiger partial charge in [0.2, 0.25) is 5.78 Å². The first-order chi connectivity index (χ1) is 17.5. The van der Waals surface area contributed by atoms with Crippen molar-refractivity contribution in [3.63, 3.8) is 0 Å². The number of sulfonamides is 1. The number of pyridine rings is 1. The standard InChI is InChI=1S/C24H17F4N5O3S/c1-30-7-6-18(29)12-8-14-15(11-32-24(14)31-10-12)23(34)21-17(27)4-5-19(22(21)28)33-37(35,36)20-9-13(25)2-3-16(20)26/h2-11,29-30,33H,1H3,(H,31,32)/b7-6-,29-18?. The van der Waals surface area contributed by atoms with Crippen molar-refractivity contribution in [2.75, 3.05) is 11.8 Å². The number of hydrogen-bond donors (Lipinski definition) is 4. The molecule has 8 nitrogen and oxygen atoms in total. The number of carbonyl (C=O) groups is 1. The average molecular weight is 531 g/mol. The molecule has 13 heteroatoms. The van der Waals surface area contributed by atoms with Crippen LogP contribution in [0.3, 0.4) is 0 Å². The first-order valence-corrected chi connectivity index (χ1v) is 11.9. The fourth-order valence-corrected chi connectivity index (χ4v) is 4.61. The number of anilines is 1. The quantitative estimate of drug-likeness (QED) is 0.154. The Kier molecular flexibility index (Phi) is 6.81. The van der Waals surface area contributed by atoms with Crippen molar-refractivity contribution in [3.8, 4) is 0 Å². The number of rotatable bonds is 8. The Balaban J connectivity index is 1.76. The van der Waals surface area contributed by atoms with Gasteiger partial charge in [-0.05, 0) is 48.7 Å². The molecule has 4 N–H and O–H groups in total. The number of carbonyl (C=O) groups excluding carboxylic acids is 1. The Morgan fingerprint density at radius 1 is 1.08 bits per heavy atom. The monoisotopic (exact) mass is 531 g/mol. The van der Waals surface area contributed by atoms with E-state index in [0.29, 0.717) is 35.9 Å². The van der Waals surface area contributed by atoms with E-state index in [1.54, 1.807) is 11.8 Å². The van der Waals surface area contributed by atoms with E-state index < -0.39 is 55.2 Å². The number of nitrogens with zero attached hydrogens (tertiary/aromatic N) is 1. The molecule has 0 radical (unpaired) electrons. The summed E-state index contributed by atoms with van der Waals surface area (Å²) in [6.07, 6.45) is 5.49. The van der Waals surface area contributed by atoms with Crippen LogP contribution in [0.15, 0.2) is 66.0 Å². The van der Waals surface area contributed by atoms with E-state index in [1.165, 1.54) is 30.7 Å². The molecule has 37 heavy (non-hydrogen) atoms. The number of benzene rings is 2. The smallest absolute Gasteiger partial charge is 0.265 e. The van der Waals surface area contributed by atoms with E-state index in [-0.39, 0.29) is 22.3 Å². The molecule has 0 fully saturated rings. The molecule has 0 spiro atoms. The van der Waals surface area contributed by atoms with Crippen LogP contribution < -0.4 is 10.0 Å². The van der Waals surface area contributed by atoms with Crippen molar-refractivity contribution in [2.45, 2.75) is 4.90 Å². The highest BCUT2D eigenvalue weighted by Gasteiger charge is 2.27. The first kappa shape index (κ1) is 25.6. The summed E-state index contributed by atoms with van der Waals surface area (Å²) in [6, 6.07) is 4.47. The number of halogens is 4. The average Bonchev–Trinajstić information content (AvgIpc) is 3.29. The van der Waals surface area contributed by atoms with Crippen molar-refractivity contribution < 1.29 is 30.8 Å². The molecular weight excluding hydrogens is 514 g/mol. The zero-order valence-corrected chi connectivity index (χ0v) is 19.7. The van der Waals surface area contributed by atoms with Gasteiger partial charge in [0.1, 0.15) is 28.0 Å². The van der Waals surface area contributed by atoms with Gasteiger partial charge in [-0.1, -0.05) is 0 Å². The second-order valence-corrected chi connectivity index (χ2v) is 9.30. The van der Waals surface area contributed by atoms with E-state index in [0.717, 1.165) is 0 Å². The maximum atomic E-state index is 15.3. The van der Waals surface area contributed by atoms with Crippen molar-refractivity contribution in [3.05, 3.63) is 101 Å². The lowest BCUT2D eigenvalue weighted by Gasteiger charge is -2.12. The van der Waals surface area contributed by atoms with Crippen LogP contribution in [-0.2, 0) is 10.0 Å². The lowest BCUT2D eigenvalue weighted by atomic mass is 10.0. The van der Waals surface area contributed by atoms with Crippen molar-refractivity contribution in [1.29, 1.82) is 5.41 Å². The molecule has 190 valence electrons. The van der Waals surface area contributed by atoms with Gasteiger partial charge in [0.15, 0.2) is 5.82 Å². The highest BCUT2D eigenvalue weighted by Crippen LogP contribution is 2.29. The number of fused-ring (bicyclic) bond motifs is 1. The molecule has 4 aromatic rings. The van der Waals surface area contributed by atoms with Gasteiger partial charge < -0.3 is 15.7 Å². The SMILES string of the molecule is CN/C=C\C(=N)c1cnc2[nH]cc(C(=O)c3c(F)ccc(NS(=O)(=O)c4cc(F)ccc4F)c3F)c2c1. The van der Waals surface area contributed by atoms with Gasteiger partial charge in [-0.15, -0.1) is 0 Å². The van der Waals surface area contributed by atoms with Crippen molar-refractivity contribution >= 4 is 38.2 Å². The molecule has 0 saturated carbocycles. The number of H-pyrrole nitrogens is 1. The van der Waals surface area contributed by atoms with E-state index in [1.807, 2.05) is 0 Å². The van der Waals surface area contributed by atoms with Gasteiger partial charge in [-0.3, -0.25) is 9.52 Å². The van der Waals surface area contributed by atoms with Crippen LogP contribution in [0.4, 0.5) is 23.2 Å². The maximum Gasteiger partial charge on any atom is 0.265 e. The number of allylic oxidation sites excluding steroid dienone is 1. The van der Waals surface area contributed by atoms with Gasteiger partial charge in [0.25, 0.3) is 10.0 Å². The van der Waals surface area contributed by atoms with E-state index >= 15 is 4.39 Å². The van der Waals surface area contributed by atoms with E-state index in [4.69, 9.17) is 5.41 Å². The van der Waals surface area contributed by atoms with Gasteiger partial charge in [-0.2, -0.15) is 0 Å². The van der Waals surface area contributed by atoms with Crippen LogP contribution in [0, 0.1) is 28.7 Å². The summed E-state index contributed by atoms with van der Waals surface area (Å²) in [6.45, 7) is 0. The van der Waals surface area contributed by atoms with Crippen LogP contribution in [0.25, 0.3) is 11.0 Å². The second-order valence-electron chi connectivity index (χ2n) is 7.65. The van der Waals surface area contributed by atoms with Gasteiger partial charge in [-0.25, -0.2) is 31.0 Å². The minimum Gasteiger partial charge on any atom is -0.394 e. The zero-order valence-electron chi connectivity index (χ0n) is 18.9. The van der Waals surface area contributed by atoms with Gasteiger partial charge >= 0.3 is 0 Å². The topological polar surface area (TPSA) is 128 Å². The molecule has 0 aliphatic rings. The summed E-state index contributed by atoms with van der Waals surface area (Å²) in [4.78, 5) is 18.9. The summed E-state index contributed by atoms with van der Waals surface area (Å²) >= 11 is 0. The van der Waals surface area contributed by atoms with Crippen LogP contribution >= 0.6 is 0 Å². The number of aromatic amines is 1. The molecule has 0 bridgehead atoms. The number of nitrogens with one attached hydrogen (secondary N) is 4. The third-order valence-corrected chi connectivity index (χ3v) is 6.63. The van der Waals surface area contributed by atoms with Crippen LogP contribution in [0.1, 0.15) is 21.5 Å². The Morgan fingerprint density at radius 3 is 2.54 bits per heavy atom. The fraction of sp³-hybridized carbons (Fsp3) is 0.0417. The van der Waals surface area contributed by atoms with Crippen molar-refractivity contribution in [1.82, 2.24) is 15.3 Å². The lowest BCUT2D eigenvalue weighted by Crippen LogP contribution is -2.17. The zero-order chi connectivity index (χ0) is 26.9. The molecule has 0 aliphatic carbocycles. The van der Waals surface area contributed by atoms with Crippen LogP contribution in [0.5, 0.6) is 0 Å². The Bertz CT molecular complexity index is 1700. The molecule has 0 aliphatic heterocycles.